The van der Waals surface area contributed by atoms with Gasteiger partial charge in [-0.15, -0.1) is 0 Å². The summed E-state index contributed by atoms with van der Waals surface area (Å²) in [5.41, 5.74) is 1.87. The Morgan fingerprint density at radius 3 is 2.76 bits per heavy atom. The van der Waals surface area contributed by atoms with Crippen LogP contribution in [0.15, 0.2) is 34.8 Å². The number of amidine groups is 1. The topological polar surface area (TPSA) is 63.2 Å². The SMILES string of the molecule is N#CC(C#N)=Cc1ccc(N=C2SC[C@@H]3CCCN23)cc1. The predicted octanol–water partition coefficient (Wildman–Crippen LogP) is 3.32. The number of aliphatic imine (C=N–C) groups is 1. The van der Waals surface area contributed by atoms with Crippen LogP contribution in [-0.4, -0.2) is 28.4 Å². The summed E-state index contributed by atoms with van der Waals surface area (Å²) in [5, 5.41) is 18.6. The molecule has 1 atom stereocenters. The number of hydrogen-bond donors (Lipinski definition) is 0. The largest absolute Gasteiger partial charge is 0.347 e. The lowest BCUT2D eigenvalue weighted by Crippen LogP contribution is -2.27. The monoisotopic (exact) mass is 294 g/mol. The summed E-state index contributed by atoms with van der Waals surface area (Å²) in [4.78, 5) is 7.12. The molecule has 5 heteroatoms. The van der Waals surface area contributed by atoms with E-state index in [4.69, 9.17) is 15.5 Å². The highest BCUT2D eigenvalue weighted by molar-refractivity contribution is 8.14. The van der Waals surface area contributed by atoms with Gasteiger partial charge in [-0.25, -0.2) is 4.99 Å². The van der Waals surface area contributed by atoms with Gasteiger partial charge < -0.3 is 4.90 Å². The average Bonchev–Trinajstić information content (AvgIpc) is 3.11. The quantitative estimate of drug-likeness (QED) is 0.785. The second kappa shape index (κ2) is 6.03. The zero-order chi connectivity index (χ0) is 14.7. The van der Waals surface area contributed by atoms with E-state index < -0.39 is 0 Å². The van der Waals surface area contributed by atoms with E-state index in [-0.39, 0.29) is 5.57 Å². The number of thioether (sulfide) groups is 1. The third kappa shape index (κ3) is 2.94. The minimum Gasteiger partial charge on any atom is -0.347 e. The molecule has 104 valence electrons. The lowest BCUT2D eigenvalue weighted by atomic mass is 10.1. The van der Waals surface area contributed by atoms with Gasteiger partial charge in [-0.3, -0.25) is 0 Å². The Bertz CT molecular complexity index is 660. The van der Waals surface area contributed by atoms with Gasteiger partial charge >= 0.3 is 0 Å². The lowest BCUT2D eigenvalue weighted by Gasteiger charge is -2.16. The number of hydrogen-bond acceptors (Lipinski definition) is 4. The summed E-state index contributed by atoms with van der Waals surface area (Å²) < 4.78 is 0. The molecule has 2 fully saturated rings. The van der Waals surface area contributed by atoms with E-state index in [1.807, 2.05) is 48.2 Å². The lowest BCUT2D eigenvalue weighted by molar-refractivity contribution is 0.440. The van der Waals surface area contributed by atoms with E-state index in [0.717, 1.165) is 28.7 Å². The molecule has 0 bridgehead atoms. The van der Waals surface area contributed by atoms with Gasteiger partial charge in [-0.2, -0.15) is 10.5 Å². The van der Waals surface area contributed by atoms with Crippen molar-refractivity contribution in [1.29, 1.82) is 10.5 Å². The van der Waals surface area contributed by atoms with E-state index in [9.17, 15) is 0 Å². The Morgan fingerprint density at radius 1 is 1.29 bits per heavy atom. The fourth-order valence-electron chi connectivity index (χ4n) is 2.62. The van der Waals surface area contributed by atoms with Crippen LogP contribution in [0.2, 0.25) is 0 Å². The van der Waals surface area contributed by atoms with E-state index in [0.29, 0.717) is 6.04 Å². The molecule has 0 spiro atoms. The molecule has 1 aromatic carbocycles. The molecule has 3 rings (SSSR count). The van der Waals surface area contributed by atoms with Gasteiger partial charge in [0.25, 0.3) is 0 Å². The van der Waals surface area contributed by atoms with Gasteiger partial charge in [0.15, 0.2) is 5.17 Å². The van der Waals surface area contributed by atoms with Crippen molar-refractivity contribution < 1.29 is 0 Å². The summed E-state index contributed by atoms with van der Waals surface area (Å²) in [6.45, 7) is 1.12. The number of nitriles is 2. The van der Waals surface area contributed by atoms with Crippen molar-refractivity contribution in [2.24, 2.45) is 4.99 Å². The molecule has 0 aliphatic carbocycles. The first-order valence-electron chi connectivity index (χ1n) is 6.90. The Kier molecular flexibility index (Phi) is 3.94. The second-order valence-corrected chi connectivity index (χ2v) is 6.06. The molecule has 1 aromatic rings. The maximum atomic E-state index is 8.75. The maximum absolute atomic E-state index is 8.75. The third-order valence-corrected chi connectivity index (χ3v) is 4.83. The maximum Gasteiger partial charge on any atom is 0.164 e. The van der Waals surface area contributed by atoms with Crippen molar-refractivity contribution in [3.05, 3.63) is 35.4 Å². The van der Waals surface area contributed by atoms with Crippen molar-refractivity contribution in [3.8, 4) is 12.1 Å². The molecule has 2 aliphatic heterocycles. The normalized spacial score (nSPS) is 21.7. The van der Waals surface area contributed by atoms with Gasteiger partial charge in [0.1, 0.15) is 17.7 Å². The predicted molar refractivity (Wildman–Crippen MR) is 84.9 cm³/mol. The van der Waals surface area contributed by atoms with Crippen LogP contribution in [0, 0.1) is 22.7 Å². The fourth-order valence-corrected chi connectivity index (χ4v) is 3.89. The van der Waals surface area contributed by atoms with Crippen LogP contribution in [0.1, 0.15) is 18.4 Å². The van der Waals surface area contributed by atoms with Gasteiger partial charge in [0, 0.05) is 18.3 Å². The van der Waals surface area contributed by atoms with Crippen LogP contribution in [0.25, 0.3) is 6.08 Å². The number of allylic oxidation sites excluding steroid dienone is 1. The summed E-state index contributed by atoms with van der Waals surface area (Å²) >= 11 is 1.83. The first kappa shape index (κ1) is 13.7. The molecule has 2 saturated heterocycles. The van der Waals surface area contributed by atoms with Crippen LogP contribution < -0.4 is 0 Å². The van der Waals surface area contributed by atoms with Gasteiger partial charge in [-0.1, -0.05) is 23.9 Å². The van der Waals surface area contributed by atoms with E-state index in [2.05, 4.69) is 4.90 Å². The Morgan fingerprint density at radius 2 is 2.05 bits per heavy atom. The molecule has 2 aliphatic rings. The molecular weight excluding hydrogens is 280 g/mol. The zero-order valence-corrected chi connectivity index (χ0v) is 12.3. The molecule has 0 N–H and O–H groups in total. The minimum atomic E-state index is 0.111. The number of fused-ring (bicyclic) bond motifs is 1. The molecule has 0 radical (unpaired) electrons. The van der Waals surface area contributed by atoms with Crippen LogP contribution >= 0.6 is 11.8 Å². The standard InChI is InChI=1S/C16H14N4S/c17-9-13(10-18)8-12-3-5-14(6-4-12)19-16-20-7-1-2-15(20)11-21-16/h3-6,8,15H,1-2,7,11H2/t15-/m0/s1. The molecule has 0 aromatic heterocycles. The summed E-state index contributed by atoms with van der Waals surface area (Å²) in [6.07, 6.45) is 4.12. The van der Waals surface area contributed by atoms with Crippen molar-refractivity contribution in [2.75, 3.05) is 12.3 Å². The Labute approximate surface area is 128 Å². The van der Waals surface area contributed by atoms with Gasteiger partial charge in [-0.05, 0) is 36.6 Å². The van der Waals surface area contributed by atoms with Crippen molar-refractivity contribution in [2.45, 2.75) is 18.9 Å². The van der Waals surface area contributed by atoms with E-state index in [1.165, 1.54) is 12.8 Å². The number of nitrogens with zero attached hydrogens (tertiary/aromatic N) is 4. The van der Waals surface area contributed by atoms with Crippen LogP contribution in [-0.2, 0) is 0 Å². The smallest absolute Gasteiger partial charge is 0.164 e. The van der Waals surface area contributed by atoms with Crippen molar-refractivity contribution >= 4 is 28.7 Å². The van der Waals surface area contributed by atoms with Crippen LogP contribution in [0.4, 0.5) is 5.69 Å². The zero-order valence-electron chi connectivity index (χ0n) is 11.5. The minimum absolute atomic E-state index is 0.111. The molecule has 2 heterocycles. The molecule has 21 heavy (non-hydrogen) atoms. The van der Waals surface area contributed by atoms with E-state index >= 15 is 0 Å². The third-order valence-electron chi connectivity index (χ3n) is 3.70. The first-order chi connectivity index (χ1) is 10.3. The Hall–Kier alpha value is -2.24. The molecule has 0 unspecified atom stereocenters. The van der Waals surface area contributed by atoms with Gasteiger partial charge in [0.2, 0.25) is 0 Å². The highest BCUT2D eigenvalue weighted by atomic mass is 32.2. The fraction of sp³-hybridized carbons (Fsp3) is 0.312. The Balaban J connectivity index is 1.78. The molecular formula is C16H14N4S. The summed E-state index contributed by atoms with van der Waals surface area (Å²) in [5.74, 6) is 1.15. The van der Waals surface area contributed by atoms with E-state index in [1.54, 1.807) is 6.08 Å². The molecule has 4 nitrogen and oxygen atoms in total. The summed E-state index contributed by atoms with van der Waals surface area (Å²) in [6, 6.07) is 12.0. The van der Waals surface area contributed by atoms with Crippen LogP contribution in [0.5, 0.6) is 0 Å². The average molecular weight is 294 g/mol. The number of benzene rings is 1. The highest BCUT2D eigenvalue weighted by Gasteiger charge is 2.33. The van der Waals surface area contributed by atoms with Gasteiger partial charge in [0.05, 0.1) is 5.69 Å². The first-order valence-corrected chi connectivity index (χ1v) is 7.89. The molecule has 0 saturated carbocycles. The second-order valence-electron chi connectivity index (χ2n) is 5.07. The number of rotatable bonds is 2. The van der Waals surface area contributed by atoms with Crippen molar-refractivity contribution in [1.82, 2.24) is 4.90 Å². The summed E-state index contributed by atoms with van der Waals surface area (Å²) in [7, 11) is 0. The molecule has 0 amide bonds. The van der Waals surface area contributed by atoms with Crippen molar-refractivity contribution in [3.63, 3.8) is 0 Å². The van der Waals surface area contributed by atoms with Crippen LogP contribution in [0.3, 0.4) is 0 Å². The highest BCUT2D eigenvalue weighted by Crippen LogP contribution is 2.33.